The van der Waals surface area contributed by atoms with Crippen molar-refractivity contribution >= 4 is 5.69 Å². The van der Waals surface area contributed by atoms with Gasteiger partial charge in [0, 0.05) is 18.2 Å². The number of hydrogen-bond acceptors (Lipinski definition) is 4. The second-order valence-electron chi connectivity index (χ2n) is 2.34. The molecule has 0 unspecified atom stereocenters. The van der Waals surface area contributed by atoms with Crippen molar-refractivity contribution in [1.29, 1.82) is 5.26 Å². The van der Waals surface area contributed by atoms with Gasteiger partial charge in [0.15, 0.2) is 6.19 Å². The van der Waals surface area contributed by atoms with E-state index in [0.717, 1.165) is 0 Å². The Bertz CT molecular complexity index is 309. The van der Waals surface area contributed by atoms with E-state index in [-0.39, 0.29) is 0 Å². The third-order valence-electron chi connectivity index (χ3n) is 1.55. The topological polar surface area (TPSA) is 54.3 Å². The molecule has 4 nitrogen and oxygen atoms in total. The number of nitriles is 1. The molecule has 0 saturated carbocycles. The van der Waals surface area contributed by atoms with Crippen LogP contribution in [0.25, 0.3) is 0 Å². The number of methoxy groups -OCH3 is 2. The second kappa shape index (κ2) is 4.21. The third kappa shape index (κ3) is 2.27. The van der Waals surface area contributed by atoms with E-state index in [4.69, 9.17) is 14.7 Å². The van der Waals surface area contributed by atoms with E-state index in [1.165, 1.54) is 0 Å². The number of anilines is 1. The highest BCUT2D eigenvalue weighted by atomic mass is 16.5. The first kappa shape index (κ1) is 9.20. The largest absolute Gasteiger partial charge is 0.497 e. The third-order valence-corrected chi connectivity index (χ3v) is 1.55. The van der Waals surface area contributed by atoms with Crippen molar-refractivity contribution in [3.63, 3.8) is 0 Å². The molecule has 4 heteroatoms. The van der Waals surface area contributed by atoms with E-state index in [2.05, 4.69) is 5.32 Å². The van der Waals surface area contributed by atoms with Crippen LogP contribution in [0.15, 0.2) is 18.2 Å². The average Bonchev–Trinajstić information content (AvgIpc) is 2.17. The fraction of sp³-hybridized carbons (Fsp3) is 0.222. The number of ether oxygens (including phenoxy) is 2. The molecule has 0 aromatic heterocycles. The predicted octanol–water partition coefficient (Wildman–Crippen LogP) is 1.60. The van der Waals surface area contributed by atoms with E-state index < -0.39 is 0 Å². The summed E-state index contributed by atoms with van der Waals surface area (Å²) in [6, 6.07) is 5.17. The first-order chi connectivity index (χ1) is 6.30. The van der Waals surface area contributed by atoms with Crippen LogP contribution in [0.4, 0.5) is 5.69 Å². The van der Waals surface area contributed by atoms with Gasteiger partial charge in [-0.3, -0.25) is 5.32 Å². The van der Waals surface area contributed by atoms with Gasteiger partial charge in [-0.2, -0.15) is 5.26 Å². The lowest BCUT2D eigenvalue weighted by Gasteiger charge is -2.06. The Labute approximate surface area is 76.7 Å². The minimum Gasteiger partial charge on any atom is -0.497 e. The van der Waals surface area contributed by atoms with Gasteiger partial charge in [0.2, 0.25) is 0 Å². The minimum atomic E-state index is 0.650. The molecule has 1 N–H and O–H groups in total. The van der Waals surface area contributed by atoms with Gasteiger partial charge in [-0.15, -0.1) is 0 Å². The molecule has 68 valence electrons. The van der Waals surface area contributed by atoms with Crippen molar-refractivity contribution in [3.05, 3.63) is 18.2 Å². The first-order valence-electron chi connectivity index (χ1n) is 3.68. The zero-order valence-electron chi connectivity index (χ0n) is 7.50. The Morgan fingerprint density at radius 3 is 2.08 bits per heavy atom. The Morgan fingerprint density at radius 2 is 1.69 bits per heavy atom. The normalized spacial score (nSPS) is 8.69. The maximum absolute atomic E-state index is 8.40. The summed E-state index contributed by atoms with van der Waals surface area (Å²) in [5.41, 5.74) is 0.652. The standard InChI is InChI=1S/C9H10N2O2/c1-12-8-3-7(11-6-10)4-9(5-8)13-2/h3-5,11H,1-2H3. The highest BCUT2D eigenvalue weighted by Gasteiger charge is 2.00. The van der Waals surface area contributed by atoms with Gasteiger partial charge < -0.3 is 9.47 Å². The number of nitrogens with zero attached hydrogens (tertiary/aromatic N) is 1. The van der Waals surface area contributed by atoms with Crippen LogP contribution >= 0.6 is 0 Å². The molecule has 0 bridgehead atoms. The van der Waals surface area contributed by atoms with Crippen LogP contribution in [0.1, 0.15) is 0 Å². The van der Waals surface area contributed by atoms with Crippen LogP contribution in [-0.4, -0.2) is 14.2 Å². The number of benzene rings is 1. The first-order valence-corrected chi connectivity index (χ1v) is 3.68. The summed E-state index contributed by atoms with van der Waals surface area (Å²) in [6.45, 7) is 0. The van der Waals surface area contributed by atoms with Gasteiger partial charge in [0.05, 0.1) is 19.9 Å². The van der Waals surface area contributed by atoms with E-state index in [9.17, 15) is 0 Å². The summed E-state index contributed by atoms with van der Waals surface area (Å²) in [5, 5.41) is 10.9. The zero-order chi connectivity index (χ0) is 9.68. The van der Waals surface area contributed by atoms with Crippen molar-refractivity contribution in [3.8, 4) is 17.7 Å². The molecule has 0 aliphatic carbocycles. The van der Waals surface area contributed by atoms with Crippen molar-refractivity contribution in [2.24, 2.45) is 0 Å². The molecule has 0 atom stereocenters. The summed E-state index contributed by atoms with van der Waals surface area (Å²) >= 11 is 0. The van der Waals surface area contributed by atoms with E-state index in [1.54, 1.807) is 32.4 Å². The lowest BCUT2D eigenvalue weighted by Crippen LogP contribution is -1.91. The van der Waals surface area contributed by atoms with Gasteiger partial charge in [0.25, 0.3) is 0 Å². The van der Waals surface area contributed by atoms with Crippen molar-refractivity contribution in [1.82, 2.24) is 0 Å². The number of hydrogen-bond donors (Lipinski definition) is 1. The van der Waals surface area contributed by atoms with Crippen LogP contribution < -0.4 is 14.8 Å². The van der Waals surface area contributed by atoms with Crippen LogP contribution in [0, 0.1) is 11.5 Å². The zero-order valence-corrected chi connectivity index (χ0v) is 7.50. The molecule has 0 amide bonds. The van der Waals surface area contributed by atoms with E-state index >= 15 is 0 Å². The molecule has 0 saturated heterocycles. The van der Waals surface area contributed by atoms with E-state index in [1.807, 2.05) is 6.19 Å². The molecular formula is C9H10N2O2. The molecule has 0 spiro atoms. The molecule has 1 rings (SSSR count). The average molecular weight is 178 g/mol. The Balaban J connectivity index is 3.01. The minimum absolute atomic E-state index is 0.650. The van der Waals surface area contributed by atoms with Gasteiger partial charge in [-0.05, 0) is 0 Å². The number of rotatable bonds is 3. The van der Waals surface area contributed by atoms with E-state index in [0.29, 0.717) is 17.2 Å². The molecule has 0 radical (unpaired) electrons. The molecule has 1 aromatic rings. The smallest absolute Gasteiger partial charge is 0.181 e. The van der Waals surface area contributed by atoms with Gasteiger partial charge in [-0.1, -0.05) is 0 Å². The Hall–Kier alpha value is -1.89. The fourth-order valence-electron chi connectivity index (χ4n) is 0.944. The Morgan fingerprint density at radius 1 is 1.15 bits per heavy atom. The van der Waals surface area contributed by atoms with Crippen LogP contribution in [-0.2, 0) is 0 Å². The maximum atomic E-state index is 8.40. The lowest BCUT2D eigenvalue weighted by molar-refractivity contribution is 0.395. The van der Waals surface area contributed by atoms with Gasteiger partial charge in [0.1, 0.15) is 11.5 Å². The summed E-state index contributed by atoms with van der Waals surface area (Å²) in [4.78, 5) is 0. The molecule has 13 heavy (non-hydrogen) atoms. The van der Waals surface area contributed by atoms with Crippen LogP contribution in [0.2, 0.25) is 0 Å². The molecular weight excluding hydrogens is 168 g/mol. The molecule has 0 aliphatic heterocycles. The molecule has 1 aromatic carbocycles. The van der Waals surface area contributed by atoms with Crippen molar-refractivity contribution in [2.45, 2.75) is 0 Å². The Kier molecular flexibility index (Phi) is 2.98. The maximum Gasteiger partial charge on any atom is 0.181 e. The predicted molar refractivity (Wildman–Crippen MR) is 48.8 cm³/mol. The SMILES string of the molecule is COc1cc(NC#N)cc(OC)c1. The number of nitrogens with one attached hydrogen (secondary N) is 1. The quantitative estimate of drug-likeness (QED) is 0.564. The summed E-state index contributed by atoms with van der Waals surface area (Å²) in [5.74, 6) is 1.30. The highest BCUT2D eigenvalue weighted by molar-refractivity contribution is 5.55. The van der Waals surface area contributed by atoms with Gasteiger partial charge in [-0.25, -0.2) is 0 Å². The molecule has 0 aliphatic rings. The molecule has 0 fully saturated rings. The lowest BCUT2D eigenvalue weighted by atomic mass is 10.3. The fourth-order valence-corrected chi connectivity index (χ4v) is 0.944. The highest BCUT2D eigenvalue weighted by Crippen LogP contribution is 2.25. The summed E-state index contributed by atoms with van der Waals surface area (Å²) < 4.78 is 10.0. The van der Waals surface area contributed by atoms with Crippen molar-refractivity contribution in [2.75, 3.05) is 19.5 Å². The van der Waals surface area contributed by atoms with Gasteiger partial charge >= 0.3 is 0 Å². The summed E-state index contributed by atoms with van der Waals surface area (Å²) in [6.07, 6.45) is 1.83. The monoisotopic (exact) mass is 178 g/mol. The summed E-state index contributed by atoms with van der Waals surface area (Å²) in [7, 11) is 3.12. The van der Waals surface area contributed by atoms with Crippen LogP contribution in [0.3, 0.4) is 0 Å². The van der Waals surface area contributed by atoms with Crippen LogP contribution in [0.5, 0.6) is 11.5 Å². The second-order valence-corrected chi connectivity index (χ2v) is 2.34. The molecule has 0 heterocycles. The van der Waals surface area contributed by atoms with Crippen molar-refractivity contribution < 1.29 is 9.47 Å².